The number of para-hydroxylation sites is 1. The molecular weight excluding hydrogens is 386 g/mol. The van der Waals surface area contributed by atoms with Gasteiger partial charge in [0.05, 0.1) is 16.9 Å². The molecule has 0 aliphatic carbocycles. The second kappa shape index (κ2) is 6.84. The molecule has 2 aliphatic heterocycles. The smallest absolute Gasteiger partial charge is 0.317 e. The monoisotopic (exact) mass is 409 g/mol. The molecule has 1 atom stereocenters. The fourth-order valence-corrected chi connectivity index (χ4v) is 4.48. The number of carbonyl (C=O) groups is 1. The number of benzene rings is 2. The first-order chi connectivity index (χ1) is 14.2. The van der Waals surface area contributed by atoms with Gasteiger partial charge >= 0.3 is 5.97 Å². The number of carboxylic acids is 1. The van der Waals surface area contributed by atoms with Crippen molar-refractivity contribution in [2.45, 2.75) is 31.5 Å². The summed E-state index contributed by atoms with van der Waals surface area (Å²) >= 11 is 0. The van der Waals surface area contributed by atoms with Crippen LogP contribution in [-0.2, 0) is 16.8 Å². The van der Waals surface area contributed by atoms with E-state index < -0.39 is 22.0 Å². The number of nitrogens with one attached hydrogen (secondary N) is 1. The number of anilines is 1. The molecule has 2 N–H and O–H groups in total. The predicted octanol–water partition coefficient (Wildman–Crippen LogP) is 3.30. The van der Waals surface area contributed by atoms with E-state index in [1.54, 1.807) is 0 Å². The number of fused-ring (bicyclic) bond motifs is 2. The zero-order valence-electron chi connectivity index (χ0n) is 17.0. The minimum atomic E-state index is -1.00. The minimum Gasteiger partial charge on any atom is -0.480 e. The molecule has 30 heavy (non-hydrogen) atoms. The molecule has 0 saturated carbocycles. The third kappa shape index (κ3) is 2.83. The lowest BCUT2D eigenvalue weighted by molar-refractivity contribution is -0.385. The van der Waals surface area contributed by atoms with Gasteiger partial charge in [-0.3, -0.25) is 14.9 Å². The van der Waals surface area contributed by atoms with Crippen molar-refractivity contribution in [2.75, 3.05) is 18.5 Å². The summed E-state index contributed by atoms with van der Waals surface area (Å²) in [7, 11) is 1.97. The van der Waals surface area contributed by atoms with E-state index in [2.05, 4.69) is 30.1 Å². The van der Waals surface area contributed by atoms with Crippen molar-refractivity contribution in [2.24, 2.45) is 0 Å². The summed E-state index contributed by atoms with van der Waals surface area (Å²) in [6.45, 7) is 4.10. The topological polar surface area (TPSA) is 105 Å². The number of rotatable bonds is 5. The van der Waals surface area contributed by atoms with E-state index in [1.165, 1.54) is 12.1 Å². The number of aliphatic carboxylic acids is 1. The lowest BCUT2D eigenvalue weighted by Crippen LogP contribution is -2.58. The van der Waals surface area contributed by atoms with Gasteiger partial charge in [-0.2, -0.15) is 0 Å². The zero-order chi connectivity index (χ0) is 21.7. The number of non-ortho nitro benzene ring substituents is 1. The lowest BCUT2D eigenvalue weighted by atomic mass is 9.76. The van der Waals surface area contributed by atoms with Gasteiger partial charge in [-0.05, 0) is 37.6 Å². The highest BCUT2D eigenvalue weighted by Crippen LogP contribution is 2.54. The van der Waals surface area contributed by atoms with Crippen LogP contribution in [0.1, 0.15) is 30.5 Å². The Kier molecular flexibility index (Phi) is 4.54. The first-order valence-electron chi connectivity index (χ1n) is 9.63. The van der Waals surface area contributed by atoms with E-state index in [-0.39, 0.29) is 18.8 Å². The van der Waals surface area contributed by atoms with Crippen molar-refractivity contribution in [3.05, 3.63) is 69.3 Å². The first-order valence-corrected chi connectivity index (χ1v) is 9.63. The molecule has 156 valence electrons. The molecule has 0 fully saturated rings. The van der Waals surface area contributed by atoms with Crippen LogP contribution in [0.25, 0.3) is 6.08 Å². The molecule has 0 saturated heterocycles. The Hall–Kier alpha value is -3.39. The summed E-state index contributed by atoms with van der Waals surface area (Å²) in [5.41, 5.74) is 2.07. The van der Waals surface area contributed by atoms with Gasteiger partial charge in [0, 0.05) is 42.5 Å². The summed E-state index contributed by atoms with van der Waals surface area (Å²) in [5.74, 6) is -0.479. The molecule has 0 radical (unpaired) electrons. The number of likely N-dealkylation sites (N-methyl/N-ethyl adjacent to an activating group) is 1. The molecule has 0 aromatic heterocycles. The Morgan fingerprint density at radius 3 is 2.70 bits per heavy atom. The van der Waals surface area contributed by atoms with Crippen LogP contribution in [0.3, 0.4) is 0 Å². The Bertz CT molecular complexity index is 1080. The van der Waals surface area contributed by atoms with Crippen LogP contribution >= 0.6 is 0 Å². The number of ether oxygens (including phenoxy) is 1. The standard InChI is InChI=1S/C22H23N3O5/c1-21(2)17-6-4-5-7-18(17)24(3)22(21)9-8-14-10-16(25(28)29)11-15(20(14)30-22)12-23-13-19(26)27/h4-11,23H,12-13H2,1-3H3,(H,26,27). The fraction of sp³-hybridized carbons (Fsp3) is 0.318. The summed E-state index contributed by atoms with van der Waals surface area (Å²) < 4.78 is 6.64. The summed E-state index contributed by atoms with van der Waals surface area (Å²) in [4.78, 5) is 23.9. The van der Waals surface area contributed by atoms with E-state index >= 15 is 0 Å². The zero-order valence-corrected chi connectivity index (χ0v) is 17.0. The maximum Gasteiger partial charge on any atom is 0.317 e. The van der Waals surface area contributed by atoms with Gasteiger partial charge in [0.25, 0.3) is 5.69 Å². The van der Waals surface area contributed by atoms with Gasteiger partial charge in [-0.15, -0.1) is 0 Å². The van der Waals surface area contributed by atoms with Crippen LogP contribution in [0, 0.1) is 10.1 Å². The number of hydrogen-bond donors (Lipinski definition) is 2. The molecule has 2 aliphatic rings. The van der Waals surface area contributed by atoms with E-state index in [1.807, 2.05) is 37.4 Å². The van der Waals surface area contributed by atoms with Crippen LogP contribution in [0.2, 0.25) is 0 Å². The van der Waals surface area contributed by atoms with Crippen LogP contribution in [0.4, 0.5) is 11.4 Å². The lowest BCUT2D eigenvalue weighted by Gasteiger charge is -2.46. The molecule has 2 heterocycles. The summed E-state index contributed by atoms with van der Waals surface area (Å²) in [5, 5.41) is 23.1. The first kappa shape index (κ1) is 19.9. The molecule has 2 aromatic carbocycles. The molecule has 0 amide bonds. The van der Waals surface area contributed by atoms with Crippen molar-refractivity contribution >= 4 is 23.4 Å². The number of hydrogen-bond acceptors (Lipinski definition) is 6. The maximum absolute atomic E-state index is 11.4. The van der Waals surface area contributed by atoms with Crippen molar-refractivity contribution in [1.29, 1.82) is 0 Å². The molecule has 1 spiro atoms. The molecule has 8 nitrogen and oxygen atoms in total. The fourth-order valence-electron chi connectivity index (χ4n) is 4.48. The Morgan fingerprint density at radius 1 is 1.30 bits per heavy atom. The van der Waals surface area contributed by atoms with Crippen molar-refractivity contribution in [1.82, 2.24) is 5.32 Å². The quantitative estimate of drug-likeness (QED) is 0.577. The average molecular weight is 409 g/mol. The van der Waals surface area contributed by atoms with Gasteiger partial charge in [-0.25, -0.2) is 0 Å². The number of carboxylic acid groups (broad SMARTS) is 1. The minimum absolute atomic E-state index is 0.0626. The Balaban J connectivity index is 1.80. The molecular formula is C22H23N3O5. The third-order valence-corrected chi connectivity index (χ3v) is 6.06. The predicted molar refractivity (Wildman–Crippen MR) is 113 cm³/mol. The Morgan fingerprint density at radius 2 is 2.03 bits per heavy atom. The maximum atomic E-state index is 11.4. The van der Waals surface area contributed by atoms with E-state index in [4.69, 9.17) is 9.84 Å². The van der Waals surface area contributed by atoms with Gasteiger partial charge < -0.3 is 20.1 Å². The highest BCUT2D eigenvalue weighted by Gasteiger charge is 2.57. The van der Waals surface area contributed by atoms with Gasteiger partial charge in [0.1, 0.15) is 5.75 Å². The Labute approximate surface area is 173 Å². The van der Waals surface area contributed by atoms with Crippen LogP contribution in [0.5, 0.6) is 5.75 Å². The van der Waals surface area contributed by atoms with Crippen LogP contribution in [-0.4, -0.2) is 35.3 Å². The summed E-state index contributed by atoms with van der Waals surface area (Å²) in [6.07, 6.45) is 3.81. The van der Waals surface area contributed by atoms with Crippen LogP contribution < -0.4 is 15.0 Å². The van der Waals surface area contributed by atoms with Crippen molar-refractivity contribution < 1.29 is 19.6 Å². The highest BCUT2D eigenvalue weighted by atomic mass is 16.6. The van der Waals surface area contributed by atoms with Gasteiger partial charge in [-0.1, -0.05) is 18.2 Å². The summed E-state index contributed by atoms with van der Waals surface area (Å²) in [6, 6.07) is 11.0. The van der Waals surface area contributed by atoms with E-state index in [9.17, 15) is 14.9 Å². The van der Waals surface area contributed by atoms with Gasteiger partial charge in [0.2, 0.25) is 5.72 Å². The number of nitrogens with zero attached hydrogens (tertiary/aromatic N) is 2. The van der Waals surface area contributed by atoms with Crippen molar-refractivity contribution in [3.8, 4) is 5.75 Å². The number of nitro groups is 1. The largest absolute Gasteiger partial charge is 0.480 e. The molecule has 4 rings (SSSR count). The second-order valence-corrected chi connectivity index (χ2v) is 8.11. The normalized spacial score (nSPS) is 20.6. The molecule has 0 bridgehead atoms. The van der Waals surface area contributed by atoms with Gasteiger partial charge in [0.15, 0.2) is 0 Å². The SMILES string of the molecule is CN1c2ccccc2C(C)(C)C12C=Cc1cc([N+](=O)[O-])cc(CNCC(=O)O)c1O2. The van der Waals surface area contributed by atoms with E-state index in [0.717, 1.165) is 11.3 Å². The van der Waals surface area contributed by atoms with E-state index in [0.29, 0.717) is 16.9 Å². The van der Waals surface area contributed by atoms with Crippen LogP contribution in [0.15, 0.2) is 42.5 Å². The highest BCUT2D eigenvalue weighted by molar-refractivity contribution is 5.74. The average Bonchev–Trinajstić information content (AvgIpc) is 2.86. The molecule has 1 unspecified atom stereocenters. The number of nitro benzene ring substituents is 1. The second-order valence-electron chi connectivity index (χ2n) is 8.11. The third-order valence-electron chi connectivity index (χ3n) is 6.06. The molecule has 8 heteroatoms. The van der Waals surface area contributed by atoms with Crippen molar-refractivity contribution in [3.63, 3.8) is 0 Å². The molecule has 2 aromatic rings.